The molecule has 86 valence electrons. The number of para-hydroxylation sites is 2. The van der Waals surface area contributed by atoms with Crippen molar-refractivity contribution in [3.05, 3.63) is 24.3 Å². The number of carbonyl (C=O) groups is 2. The lowest BCUT2D eigenvalue weighted by molar-refractivity contribution is -0.144. The van der Waals surface area contributed by atoms with Gasteiger partial charge in [-0.3, -0.25) is 4.79 Å². The average Bonchev–Trinajstić information content (AvgIpc) is 2.19. The van der Waals surface area contributed by atoms with Gasteiger partial charge in [-0.1, -0.05) is 12.1 Å². The van der Waals surface area contributed by atoms with Gasteiger partial charge < -0.3 is 20.6 Å². The van der Waals surface area contributed by atoms with Crippen molar-refractivity contribution in [2.75, 3.05) is 5.32 Å². The highest BCUT2D eigenvalue weighted by Crippen LogP contribution is 2.22. The fourth-order valence-corrected chi connectivity index (χ4v) is 1.16. The molecule has 0 aliphatic rings. The summed E-state index contributed by atoms with van der Waals surface area (Å²) in [5.74, 6) is -2.64. The molecule has 0 heterocycles. The first-order valence-electron chi connectivity index (χ1n) is 4.50. The van der Waals surface area contributed by atoms with Crippen LogP contribution in [0.5, 0.6) is 5.75 Å². The summed E-state index contributed by atoms with van der Waals surface area (Å²) in [5, 5.41) is 29.1. The fraction of sp³-hybridized carbons (Fsp3) is 0.200. The minimum Gasteiger partial charge on any atom is -0.506 e. The molecule has 0 saturated heterocycles. The van der Waals surface area contributed by atoms with Gasteiger partial charge in [-0.25, -0.2) is 4.79 Å². The summed E-state index contributed by atoms with van der Waals surface area (Å²) in [6.45, 7) is 0. The van der Waals surface area contributed by atoms with Gasteiger partial charge in [0.15, 0.2) is 0 Å². The Kier molecular flexibility index (Phi) is 3.71. The Bertz CT molecular complexity index is 404. The van der Waals surface area contributed by atoms with Gasteiger partial charge in [0.1, 0.15) is 11.8 Å². The monoisotopic (exact) mass is 225 g/mol. The Hall–Kier alpha value is -2.24. The van der Waals surface area contributed by atoms with Crippen LogP contribution in [0.2, 0.25) is 0 Å². The summed E-state index contributed by atoms with van der Waals surface area (Å²) in [4.78, 5) is 21.2. The molecular formula is C10H11NO5. The minimum atomic E-state index is -1.29. The number of hydrogen-bond donors (Lipinski definition) is 4. The van der Waals surface area contributed by atoms with Gasteiger partial charge in [0.2, 0.25) is 0 Å². The number of aromatic hydroxyl groups is 1. The van der Waals surface area contributed by atoms with Gasteiger partial charge in [-0.05, 0) is 12.1 Å². The first kappa shape index (κ1) is 11.8. The molecule has 16 heavy (non-hydrogen) atoms. The summed E-state index contributed by atoms with van der Waals surface area (Å²) in [6.07, 6.45) is -0.566. The number of carboxylic acids is 2. The topological polar surface area (TPSA) is 107 Å². The van der Waals surface area contributed by atoms with Crippen LogP contribution in [-0.4, -0.2) is 33.3 Å². The van der Waals surface area contributed by atoms with E-state index >= 15 is 0 Å². The highest BCUT2D eigenvalue weighted by atomic mass is 16.4. The van der Waals surface area contributed by atoms with Crippen LogP contribution < -0.4 is 5.32 Å². The van der Waals surface area contributed by atoms with Gasteiger partial charge in [0, 0.05) is 0 Å². The average molecular weight is 225 g/mol. The molecule has 0 aliphatic heterocycles. The molecule has 6 nitrogen and oxygen atoms in total. The fourth-order valence-electron chi connectivity index (χ4n) is 1.16. The Morgan fingerprint density at radius 3 is 2.38 bits per heavy atom. The van der Waals surface area contributed by atoms with E-state index in [4.69, 9.17) is 10.2 Å². The largest absolute Gasteiger partial charge is 0.506 e. The van der Waals surface area contributed by atoms with Crippen molar-refractivity contribution in [2.24, 2.45) is 0 Å². The van der Waals surface area contributed by atoms with Gasteiger partial charge >= 0.3 is 11.9 Å². The highest BCUT2D eigenvalue weighted by molar-refractivity contribution is 5.83. The molecule has 1 aromatic carbocycles. The van der Waals surface area contributed by atoms with E-state index in [1.807, 2.05) is 0 Å². The predicted octanol–water partition coefficient (Wildman–Crippen LogP) is 0.732. The SMILES string of the molecule is O=C(O)C[C@H](Nc1ccccc1O)C(=O)O. The van der Waals surface area contributed by atoms with E-state index in [9.17, 15) is 14.7 Å². The van der Waals surface area contributed by atoms with E-state index < -0.39 is 24.4 Å². The summed E-state index contributed by atoms with van der Waals surface area (Å²) >= 11 is 0. The van der Waals surface area contributed by atoms with E-state index in [-0.39, 0.29) is 11.4 Å². The first-order chi connectivity index (χ1) is 7.50. The quantitative estimate of drug-likeness (QED) is 0.550. The third-order valence-electron chi connectivity index (χ3n) is 1.91. The number of hydrogen-bond acceptors (Lipinski definition) is 4. The van der Waals surface area contributed by atoms with Crippen LogP contribution in [0.25, 0.3) is 0 Å². The zero-order valence-corrected chi connectivity index (χ0v) is 8.25. The third-order valence-corrected chi connectivity index (χ3v) is 1.91. The third kappa shape index (κ3) is 3.16. The van der Waals surface area contributed by atoms with Crippen molar-refractivity contribution in [1.29, 1.82) is 0 Å². The molecule has 0 aromatic heterocycles. The Morgan fingerprint density at radius 2 is 1.88 bits per heavy atom. The van der Waals surface area contributed by atoms with E-state index in [1.165, 1.54) is 12.1 Å². The Morgan fingerprint density at radius 1 is 1.25 bits per heavy atom. The molecule has 1 aromatic rings. The van der Waals surface area contributed by atoms with E-state index in [1.54, 1.807) is 12.1 Å². The van der Waals surface area contributed by atoms with Gasteiger partial charge in [-0.2, -0.15) is 0 Å². The van der Waals surface area contributed by atoms with Crippen molar-refractivity contribution in [1.82, 2.24) is 0 Å². The molecular weight excluding hydrogens is 214 g/mol. The zero-order chi connectivity index (χ0) is 12.1. The molecule has 4 N–H and O–H groups in total. The molecule has 0 fully saturated rings. The maximum absolute atomic E-state index is 10.7. The molecule has 6 heteroatoms. The van der Waals surface area contributed by atoms with Crippen molar-refractivity contribution in [3.8, 4) is 5.75 Å². The Balaban J connectivity index is 2.80. The van der Waals surface area contributed by atoms with Crippen LogP contribution >= 0.6 is 0 Å². The maximum Gasteiger partial charge on any atom is 0.326 e. The lowest BCUT2D eigenvalue weighted by Crippen LogP contribution is -2.31. The van der Waals surface area contributed by atoms with Crippen LogP contribution in [0.1, 0.15) is 6.42 Å². The number of nitrogens with one attached hydrogen (secondary N) is 1. The lowest BCUT2D eigenvalue weighted by Gasteiger charge is -2.14. The van der Waals surface area contributed by atoms with Crippen molar-refractivity contribution < 1.29 is 24.9 Å². The molecule has 0 radical (unpaired) electrons. The van der Waals surface area contributed by atoms with Crippen LogP contribution in [0, 0.1) is 0 Å². The van der Waals surface area contributed by atoms with Crippen LogP contribution in [0.3, 0.4) is 0 Å². The summed E-state index contributed by atoms with van der Waals surface area (Å²) in [5.41, 5.74) is 0.191. The lowest BCUT2D eigenvalue weighted by atomic mass is 10.2. The van der Waals surface area contributed by atoms with E-state index in [0.29, 0.717) is 0 Å². The van der Waals surface area contributed by atoms with Crippen LogP contribution in [-0.2, 0) is 9.59 Å². The van der Waals surface area contributed by atoms with Crippen molar-refractivity contribution in [3.63, 3.8) is 0 Å². The van der Waals surface area contributed by atoms with Crippen molar-refractivity contribution in [2.45, 2.75) is 12.5 Å². The maximum atomic E-state index is 10.7. The van der Waals surface area contributed by atoms with Crippen molar-refractivity contribution >= 4 is 17.6 Å². The standard InChI is InChI=1S/C10H11NO5/c12-8-4-2-1-3-6(8)11-7(10(15)16)5-9(13)14/h1-4,7,11-12H,5H2,(H,13,14)(H,15,16)/t7-/m0/s1. The summed E-state index contributed by atoms with van der Waals surface area (Å²) in [6, 6.07) is 4.75. The number of benzene rings is 1. The normalized spacial score (nSPS) is 11.8. The van der Waals surface area contributed by atoms with Gasteiger partial charge in [-0.15, -0.1) is 0 Å². The molecule has 0 saturated carbocycles. The highest BCUT2D eigenvalue weighted by Gasteiger charge is 2.21. The second-order valence-electron chi connectivity index (χ2n) is 3.15. The number of rotatable bonds is 5. The number of aliphatic carboxylic acids is 2. The van der Waals surface area contributed by atoms with E-state index in [0.717, 1.165) is 0 Å². The molecule has 1 rings (SSSR count). The van der Waals surface area contributed by atoms with Gasteiger partial charge in [0.05, 0.1) is 12.1 Å². The molecule has 0 spiro atoms. The number of phenolic OH excluding ortho intramolecular Hbond substituents is 1. The Labute approximate surface area is 91.1 Å². The second kappa shape index (κ2) is 5.01. The van der Waals surface area contributed by atoms with Gasteiger partial charge in [0.25, 0.3) is 0 Å². The number of anilines is 1. The molecule has 0 amide bonds. The van der Waals surface area contributed by atoms with Crippen LogP contribution in [0.15, 0.2) is 24.3 Å². The summed E-state index contributed by atoms with van der Waals surface area (Å²) < 4.78 is 0. The number of carboxylic acid groups (broad SMARTS) is 2. The molecule has 0 aliphatic carbocycles. The first-order valence-corrected chi connectivity index (χ1v) is 4.50. The van der Waals surface area contributed by atoms with Crippen LogP contribution in [0.4, 0.5) is 5.69 Å². The molecule has 0 bridgehead atoms. The van der Waals surface area contributed by atoms with E-state index in [2.05, 4.69) is 5.32 Å². The predicted molar refractivity (Wildman–Crippen MR) is 55.4 cm³/mol. The minimum absolute atomic E-state index is 0.126. The number of phenols is 1. The molecule has 0 unspecified atom stereocenters. The summed E-state index contributed by atoms with van der Waals surface area (Å²) in [7, 11) is 0. The molecule has 1 atom stereocenters. The smallest absolute Gasteiger partial charge is 0.326 e. The second-order valence-corrected chi connectivity index (χ2v) is 3.15. The zero-order valence-electron chi connectivity index (χ0n) is 8.25.